The number of rotatable bonds is 2. The van der Waals surface area contributed by atoms with E-state index in [4.69, 9.17) is 5.26 Å². The van der Waals surface area contributed by atoms with Crippen LogP contribution >= 0.6 is 0 Å². The standard InChI is InChI=1S/C17H18N2/c18-10-13-19-11-8-15(9-12-19)17-7-3-5-14-4-1-2-6-16(14)17/h1-7,15H,8-9,11-13H2. The summed E-state index contributed by atoms with van der Waals surface area (Å²) in [6.45, 7) is 2.66. The minimum Gasteiger partial charge on any atom is -0.291 e. The van der Waals surface area contributed by atoms with Gasteiger partial charge in [0.1, 0.15) is 0 Å². The third-order valence-electron chi connectivity index (χ3n) is 4.15. The Balaban J connectivity index is 1.84. The van der Waals surface area contributed by atoms with Gasteiger partial charge in [-0.3, -0.25) is 4.90 Å². The molecule has 0 radical (unpaired) electrons. The number of nitrogens with zero attached hydrogens (tertiary/aromatic N) is 2. The van der Waals surface area contributed by atoms with Crippen molar-refractivity contribution in [2.75, 3.05) is 19.6 Å². The Morgan fingerprint density at radius 3 is 2.58 bits per heavy atom. The second kappa shape index (κ2) is 5.42. The molecular weight excluding hydrogens is 232 g/mol. The van der Waals surface area contributed by atoms with Crippen molar-refractivity contribution in [2.24, 2.45) is 0 Å². The van der Waals surface area contributed by atoms with E-state index in [1.54, 1.807) is 0 Å². The van der Waals surface area contributed by atoms with Gasteiger partial charge in [-0.05, 0) is 48.2 Å². The summed E-state index contributed by atoms with van der Waals surface area (Å²) in [4.78, 5) is 2.25. The van der Waals surface area contributed by atoms with Gasteiger partial charge in [-0.25, -0.2) is 0 Å². The average molecular weight is 250 g/mol. The topological polar surface area (TPSA) is 27.0 Å². The minimum absolute atomic E-state index is 0.572. The maximum atomic E-state index is 8.75. The van der Waals surface area contributed by atoms with E-state index in [0.29, 0.717) is 12.5 Å². The molecule has 96 valence electrons. The van der Waals surface area contributed by atoms with E-state index in [2.05, 4.69) is 53.4 Å². The smallest absolute Gasteiger partial charge is 0.0865 e. The monoisotopic (exact) mass is 250 g/mol. The average Bonchev–Trinajstić information content (AvgIpc) is 2.48. The minimum atomic E-state index is 0.572. The van der Waals surface area contributed by atoms with Crippen LogP contribution in [-0.4, -0.2) is 24.5 Å². The molecule has 1 aliphatic rings. The number of hydrogen-bond donors (Lipinski definition) is 0. The molecule has 19 heavy (non-hydrogen) atoms. The first kappa shape index (κ1) is 12.2. The molecule has 0 unspecified atom stereocenters. The Labute approximate surface area is 114 Å². The molecule has 2 aromatic carbocycles. The molecule has 1 fully saturated rings. The first-order valence-corrected chi connectivity index (χ1v) is 6.95. The first-order valence-electron chi connectivity index (χ1n) is 6.95. The van der Waals surface area contributed by atoms with Crippen LogP contribution < -0.4 is 0 Å². The van der Waals surface area contributed by atoms with Gasteiger partial charge >= 0.3 is 0 Å². The fourth-order valence-electron chi connectivity index (χ4n) is 3.11. The lowest BCUT2D eigenvalue weighted by Crippen LogP contribution is -2.33. The molecule has 0 N–H and O–H groups in total. The van der Waals surface area contributed by atoms with Crippen molar-refractivity contribution in [1.29, 1.82) is 5.26 Å². The van der Waals surface area contributed by atoms with Crippen LogP contribution in [0.5, 0.6) is 0 Å². The van der Waals surface area contributed by atoms with Gasteiger partial charge in [0.05, 0.1) is 12.6 Å². The van der Waals surface area contributed by atoms with Crippen molar-refractivity contribution in [3.05, 3.63) is 48.0 Å². The lowest BCUT2D eigenvalue weighted by molar-refractivity contribution is 0.235. The van der Waals surface area contributed by atoms with Gasteiger partial charge in [0.25, 0.3) is 0 Å². The third-order valence-corrected chi connectivity index (χ3v) is 4.15. The van der Waals surface area contributed by atoms with Gasteiger partial charge in [-0.15, -0.1) is 0 Å². The molecule has 0 amide bonds. The number of likely N-dealkylation sites (tertiary alicyclic amines) is 1. The summed E-state index contributed by atoms with van der Waals surface area (Å²) >= 11 is 0. The Morgan fingerprint density at radius 2 is 1.79 bits per heavy atom. The third kappa shape index (κ3) is 2.47. The fourth-order valence-corrected chi connectivity index (χ4v) is 3.11. The van der Waals surface area contributed by atoms with Crippen LogP contribution in [0.2, 0.25) is 0 Å². The Bertz CT molecular complexity index is 599. The molecule has 0 bridgehead atoms. The van der Waals surface area contributed by atoms with E-state index in [-0.39, 0.29) is 0 Å². The molecule has 1 heterocycles. The number of benzene rings is 2. The normalized spacial score (nSPS) is 17.4. The predicted octanol–water partition coefficient (Wildman–Crippen LogP) is 3.54. The van der Waals surface area contributed by atoms with Gasteiger partial charge in [-0.2, -0.15) is 5.26 Å². The molecule has 2 aromatic rings. The van der Waals surface area contributed by atoms with Gasteiger partial charge < -0.3 is 0 Å². The van der Waals surface area contributed by atoms with Gasteiger partial charge in [0.15, 0.2) is 0 Å². The Morgan fingerprint density at radius 1 is 1.05 bits per heavy atom. The fraction of sp³-hybridized carbons (Fsp3) is 0.353. The summed E-state index contributed by atoms with van der Waals surface area (Å²) in [5.74, 6) is 0.640. The van der Waals surface area contributed by atoms with Crippen LogP contribution in [0.25, 0.3) is 10.8 Å². The van der Waals surface area contributed by atoms with E-state index in [0.717, 1.165) is 25.9 Å². The largest absolute Gasteiger partial charge is 0.291 e. The molecule has 2 heteroatoms. The van der Waals surface area contributed by atoms with E-state index in [1.165, 1.54) is 16.3 Å². The van der Waals surface area contributed by atoms with Crippen LogP contribution in [-0.2, 0) is 0 Å². The summed E-state index contributed by atoms with van der Waals surface area (Å²) in [5.41, 5.74) is 1.48. The molecule has 3 rings (SSSR count). The lowest BCUT2D eigenvalue weighted by atomic mass is 9.86. The highest BCUT2D eigenvalue weighted by atomic mass is 15.1. The van der Waals surface area contributed by atoms with Gasteiger partial charge in [0, 0.05) is 0 Å². The SMILES string of the molecule is N#CCN1CCC(c2cccc3ccccc23)CC1. The Kier molecular flexibility index (Phi) is 3.48. The van der Waals surface area contributed by atoms with Crippen molar-refractivity contribution in [1.82, 2.24) is 4.90 Å². The summed E-state index contributed by atoms with van der Waals surface area (Å²) < 4.78 is 0. The summed E-state index contributed by atoms with van der Waals surface area (Å²) in [7, 11) is 0. The van der Waals surface area contributed by atoms with Crippen LogP contribution in [0.4, 0.5) is 0 Å². The molecule has 1 saturated heterocycles. The first-order chi connectivity index (χ1) is 9.38. The highest BCUT2D eigenvalue weighted by molar-refractivity contribution is 5.86. The van der Waals surface area contributed by atoms with Crippen LogP contribution in [0.3, 0.4) is 0 Å². The number of nitriles is 1. The summed E-state index contributed by atoms with van der Waals surface area (Å²) in [5, 5.41) is 11.5. The van der Waals surface area contributed by atoms with Crippen molar-refractivity contribution in [3.8, 4) is 6.07 Å². The lowest BCUT2D eigenvalue weighted by Gasteiger charge is -2.31. The zero-order valence-corrected chi connectivity index (χ0v) is 11.0. The molecule has 0 spiro atoms. The van der Waals surface area contributed by atoms with Crippen LogP contribution in [0.1, 0.15) is 24.3 Å². The molecule has 0 aromatic heterocycles. The van der Waals surface area contributed by atoms with Crippen LogP contribution in [0, 0.1) is 11.3 Å². The molecule has 0 atom stereocenters. The molecule has 0 aliphatic carbocycles. The number of fused-ring (bicyclic) bond motifs is 1. The summed E-state index contributed by atoms with van der Waals surface area (Å²) in [6, 6.07) is 17.5. The van der Waals surface area contributed by atoms with E-state index >= 15 is 0 Å². The van der Waals surface area contributed by atoms with E-state index < -0.39 is 0 Å². The number of piperidine rings is 1. The van der Waals surface area contributed by atoms with Crippen molar-refractivity contribution in [3.63, 3.8) is 0 Å². The van der Waals surface area contributed by atoms with E-state index in [1.807, 2.05) is 0 Å². The molecule has 0 saturated carbocycles. The van der Waals surface area contributed by atoms with Crippen molar-refractivity contribution >= 4 is 10.8 Å². The zero-order chi connectivity index (χ0) is 13.1. The molecule has 1 aliphatic heterocycles. The van der Waals surface area contributed by atoms with Gasteiger partial charge in [-0.1, -0.05) is 42.5 Å². The van der Waals surface area contributed by atoms with Crippen molar-refractivity contribution < 1.29 is 0 Å². The predicted molar refractivity (Wildman–Crippen MR) is 78.0 cm³/mol. The molecular formula is C17H18N2. The van der Waals surface area contributed by atoms with E-state index in [9.17, 15) is 0 Å². The van der Waals surface area contributed by atoms with Crippen LogP contribution in [0.15, 0.2) is 42.5 Å². The second-order valence-corrected chi connectivity index (χ2v) is 5.28. The van der Waals surface area contributed by atoms with Gasteiger partial charge in [0.2, 0.25) is 0 Å². The molecule has 2 nitrogen and oxygen atoms in total. The summed E-state index contributed by atoms with van der Waals surface area (Å²) in [6.07, 6.45) is 2.32. The highest BCUT2D eigenvalue weighted by Gasteiger charge is 2.21. The number of hydrogen-bond acceptors (Lipinski definition) is 2. The maximum Gasteiger partial charge on any atom is 0.0865 e. The van der Waals surface area contributed by atoms with Crippen molar-refractivity contribution in [2.45, 2.75) is 18.8 Å². The second-order valence-electron chi connectivity index (χ2n) is 5.28. The Hall–Kier alpha value is -1.85. The highest BCUT2D eigenvalue weighted by Crippen LogP contribution is 2.32. The zero-order valence-electron chi connectivity index (χ0n) is 11.0. The maximum absolute atomic E-state index is 8.75. The quantitative estimate of drug-likeness (QED) is 0.762.